The Balaban J connectivity index is 1.41. The van der Waals surface area contributed by atoms with Crippen LogP contribution in [0.1, 0.15) is 23.2 Å². The Bertz CT molecular complexity index is 908. The molecule has 0 saturated heterocycles. The fraction of sp³-hybridized carbons (Fsp3) is 0.300. The zero-order valence-electron chi connectivity index (χ0n) is 14.7. The number of halogens is 1. The molecule has 6 nitrogen and oxygen atoms in total. The number of carbonyl (C=O) groups excluding carboxylic acids is 1. The average Bonchev–Trinajstić information content (AvgIpc) is 3.39. The van der Waals surface area contributed by atoms with Gasteiger partial charge in [-0.1, -0.05) is 0 Å². The number of aliphatic hydroxyl groups is 1. The van der Waals surface area contributed by atoms with E-state index in [0.717, 1.165) is 0 Å². The highest BCUT2D eigenvalue weighted by molar-refractivity contribution is 5.94. The van der Waals surface area contributed by atoms with Crippen LogP contribution in [-0.2, 0) is 6.54 Å². The zero-order chi connectivity index (χ0) is 18.8. The summed E-state index contributed by atoms with van der Waals surface area (Å²) in [5.74, 6) is -0.614. The van der Waals surface area contributed by atoms with Gasteiger partial charge in [-0.05, 0) is 55.2 Å². The largest absolute Gasteiger partial charge is 0.391 e. The first-order valence-corrected chi connectivity index (χ1v) is 8.99. The van der Waals surface area contributed by atoms with Gasteiger partial charge in [0.05, 0.1) is 17.8 Å². The molecule has 27 heavy (non-hydrogen) atoms. The molecule has 7 heteroatoms. The van der Waals surface area contributed by atoms with Crippen molar-refractivity contribution in [3.63, 3.8) is 0 Å². The fourth-order valence-corrected chi connectivity index (χ4v) is 3.70. The normalized spacial score (nSPS) is 22.1. The predicted octanol–water partition coefficient (Wildman–Crippen LogP) is 2.38. The second-order valence-corrected chi connectivity index (χ2v) is 6.97. The van der Waals surface area contributed by atoms with Crippen LogP contribution in [0.3, 0.4) is 0 Å². The Morgan fingerprint density at radius 1 is 1.22 bits per heavy atom. The molecule has 1 aliphatic rings. The highest BCUT2D eigenvalue weighted by Crippen LogP contribution is 2.28. The van der Waals surface area contributed by atoms with Gasteiger partial charge in [0.2, 0.25) is 0 Å². The lowest BCUT2D eigenvalue weighted by Gasteiger charge is -2.17. The summed E-state index contributed by atoms with van der Waals surface area (Å²) in [5.41, 5.74) is 0.628. The molecule has 1 aliphatic carbocycles. The summed E-state index contributed by atoms with van der Waals surface area (Å²) in [7, 11) is 0. The molecule has 3 aromatic rings. The number of amides is 1. The molecule has 0 spiro atoms. The second-order valence-electron chi connectivity index (χ2n) is 6.97. The molecule has 0 aliphatic heterocycles. The van der Waals surface area contributed by atoms with Crippen LogP contribution in [0, 0.1) is 11.7 Å². The number of hydrogen-bond acceptors (Lipinski definition) is 3. The minimum absolute atomic E-state index is 0.234. The molecular weight excluding hydrogens is 347 g/mol. The first-order chi connectivity index (χ1) is 13.1. The number of benzene rings is 1. The van der Waals surface area contributed by atoms with E-state index in [4.69, 9.17) is 0 Å². The van der Waals surface area contributed by atoms with Crippen molar-refractivity contribution in [3.05, 3.63) is 72.6 Å². The summed E-state index contributed by atoms with van der Waals surface area (Å²) >= 11 is 0. The van der Waals surface area contributed by atoms with E-state index in [1.807, 2.05) is 16.9 Å². The summed E-state index contributed by atoms with van der Waals surface area (Å²) in [6.45, 7) is 0.705. The van der Waals surface area contributed by atoms with E-state index in [1.54, 1.807) is 47.4 Å². The fourth-order valence-electron chi connectivity index (χ4n) is 3.70. The van der Waals surface area contributed by atoms with E-state index >= 15 is 0 Å². The number of nitrogens with one attached hydrogen (secondary N) is 1. The van der Waals surface area contributed by atoms with E-state index < -0.39 is 11.9 Å². The third-order valence-electron chi connectivity index (χ3n) is 5.04. The Morgan fingerprint density at radius 2 is 2.04 bits per heavy atom. The van der Waals surface area contributed by atoms with Crippen molar-refractivity contribution in [2.24, 2.45) is 5.92 Å². The van der Waals surface area contributed by atoms with Crippen molar-refractivity contribution in [2.75, 3.05) is 0 Å². The first-order valence-electron chi connectivity index (χ1n) is 8.99. The zero-order valence-corrected chi connectivity index (χ0v) is 14.7. The van der Waals surface area contributed by atoms with E-state index in [-0.39, 0.29) is 23.4 Å². The van der Waals surface area contributed by atoms with Crippen LogP contribution in [0.2, 0.25) is 0 Å². The Kier molecular flexibility index (Phi) is 4.77. The van der Waals surface area contributed by atoms with Gasteiger partial charge < -0.3 is 15.0 Å². The highest BCUT2D eigenvalue weighted by atomic mass is 19.1. The van der Waals surface area contributed by atoms with Crippen molar-refractivity contribution in [1.29, 1.82) is 0 Å². The molecule has 1 saturated carbocycles. The molecule has 0 radical (unpaired) electrons. The van der Waals surface area contributed by atoms with Gasteiger partial charge in [-0.3, -0.25) is 9.48 Å². The van der Waals surface area contributed by atoms with E-state index in [0.29, 0.717) is 25.1 Å². The molecule has 2 aromatic heterocycles. The van der Waals surface area contributed by atoms with Crippen LogP contribution < -0.4 is 5.32 Å². The first kappa shape index (κ1) is 17.5. The van der Waals surface area contributed by atoms with Crippen LogP contribution in [0.25, 0.3) is 5.69 Å². The minimum Gasteiger partial charge on any atom is -0.391 e. The monoisotopic (exact) mass is 368 g/mol. The van der Waals surface area contributed by atoms with E-state index in [2.05, 4.69) is 10.4 Å². The van der Waals surface area contributed by atoms with Gasteiger partial charge in [-0.25, -0.2) is 4.39 Å². The number of carbonyl (C=O) groups is 1. The molecule has 2 heterocycles. The maximum Gasteiger partial charge on any atom is 0.251 e. The standard InChI is InChI=1S/C20H21FN4O2/c21-16-12-15(4-5-18(16)24-7-1-2-8-24)20(27)23-17-10-14(11-19(17)26)13-25-9-3-6-22-25/h1-9,12,14,17,19,26H,10-11,13H2,(H,23,27)/t14?,17-,19-/m1/s1. The molecular formula is C20H21FN4O2. The lowest BCUT2D eigenvalue weighted by Crippen LogP contribution is -2.40. The Morgan fingerprint density at radius 3 is 2.74 bits per heavy atom. The van der Waals surface area contributed by atoms with Crippen LogP contribution >= 0.6 is 0 Å². The summed E-state index contributed by atoms with van der Waals surface area (Å²) in [6, 6.07) is 9.53. The number of rotatable bonds is 5. The van der Waals surface area contributed by atoms with Crippen molar-refractivity contribution < 1.29 is 14.3 Å². The summed E-state index contributed by atoms with van der Waals surface area (Å²) in [4.78, 5) is 12.5. The van der Waals surface area contributed by atoms with Crippen molar-refractivity contribution in [1.82, 2.24) is 19.7 Å². The molecule has 1 fully saturated rings. The van der Waals surface area contributed by atoms with Gasteiger partial charge in [0.25, 0.3) is 5.91 Å². The number of hydrogen-bond donors (Lipinski definition) is 2. The van der Waals surface area contributed by atoms with Crippen LogP contribution in [0.4, 0.5) is 4.39 Å². The maximum atomic E-state index is 14.4. The molecule has 1 unspecified atom stereocenters. The molecule has 3 atom stereocenters. The lowest BCUT2D eigenvalue weighted by atomic mass is 10.1. The maximum absolute atomic E-state index is 14.4. The molecule has 140 valence electrons. The minimum atomic E-state index is -0.612. The van der Waals surface area contributed by atoms with Crippen LogP contribution in [0.15, 0.2) is 61.2 Å². The number of aromatic nitrogens is 3. The quantitative estimate of drug-likeness (QED) is 0.726. The number of aliphatic hydroxyl groups excluding tert-OH is 1. The smallest absolute Gasteiger partial charge is 0.251 e. The van der Waals surface area contributed by atoms with Crippen molar-refractivity contribution in [2.45, 2.75) is 31.5 Å². The van der Waals surface area contributed by atoms with Gasteiger partial charge >= 0.3 is 0 Å². The molecule has 1 aromatic carbocycles. The lowest BCUT2D eigenvalue weighted by molar-refractivity contribution is 0.0872. The van der Waals surface area contributed by atoms with E-state index in [9.17, 15) is 14.3 Å². The molecule has 4 rings (SSSR count). The Hall–Kier alpha value is -2.93. The van der Waals surface area contributed by atoms with Gasteiger partial charge in [0.1, 0.15) is 5.82 Å². The van der Waals surface area contributed by atoms with Gasteiger partial charge in [0.15, 0.2) is 0 Å². The van der Waals surface area contributed by atoms with Crippen molar-refractivity contribution >= 4 is 5.91 Å². The van der Waals surface area contributed by atoms with Gasteiger partial charge in [0, 0.05) is 36.9 Å². The summed E-state index contributed by atoms with van der Waals surface area (Å²) in [6.07, 6.45) is 7.74. The summed E-state index contributed by atoms with van der Waals surface area (Å²) in [5, 5.41) is 17.3. The highest BCUT2D eigenvalue weighted by Gasteiger charge is 2.34. The SMILES string of the molecule is O=C(N[C@@H]1CC(Cn2cccn2)C[C@H]1O)c1ccc(-n2cccc2)c(F)c1. The van der Waals surface area contributed by atoms with E-state index in [1.165, 1.54) is 6.07 Å². The summed E-state index contributed by atoms with van der Waals surface area (Å²) < 4.78 is 17.9. The average molecular weight is 368 g/mol. The molecule has 0 bridgehead atoms. The Labute approximate surface area is 156 Å². The van der Waals surface area contributed by atoms with Gasteiger partial charge in [-0.15, -0.1) is 0 Å². The van der Waals surface area contributed by atoms with Gasteiger partial charge in [-0.2, -0.15) is 5.10 Å². The molecule has 2 N–H and O–H groups in total. The topological polar surface area (TPSA) is 72.1 Å². The predicted molar refractivity (Wildman–Crippen MR) is 97.9 cm³/mol. The van der Waals surface area contributed by atoms with Crippen LogP contribution in [0.5, 0.6) is 0 Å². The molecule has 1 amide bonds. The number of nitrogens with zero attached hydrogens (tertiary/aromatic N) is 3. The van der Waals surface area contributed by atoms with Crippen molar-refractivity contribution in [3.8, 4) is 5.69 Å². The van der Waals surface area contributed by atoms with Crippen LogP contribution in [-0.4, -0.2) is 37.5 Å². The second kappa shape index (κ2) is 7.36. The third kappa shape index (κ3) is 3.78. The third-order valence-corrected chi connectivity index (χ3v) is 5.04.